The van der Waals surface area contributed by atoms with Crippen molar-refractivity contribution in [1.82, 2.24) is 29.5 Å². The fourth-order valence-corrected chi connectivity index (χ4v) is 4.13. The Morgan fingerprint density at radius 2 is 1.78 bits per heavy atom. The molecule has 0 radical (unpaired) electrons. The standard InChI is InChI=1S/C27H26ClN7O2/c1-16-7-6-8-22(18(16)3)34-24-21(14-31-34)25(30-15-29-24)35-23(13-17(2)33-35)32-26(36)27(4,5)37-20-11-9-19(28)10-12-20/h6-15H,1-5H3,(H,32,36). The smallest absolute Gasteiger partial charge is 0.269 e. The van der Waals surface area contributed by atoms with E-state index >= 15 is 0 Å². The predicted octanol–water partition coefficient (Wildman–Crippen LogP) is 5.38. The minimum atomic E-state index is -1.18. The van der Waals surface area contributed by atoms with Crippen LogP contribution in [-0.4, -0.2) is 41.0 Å². The van der Waals surface area contributed by atoms with Gasteiger partial charge >= 0.3 is 0 Å². The van der Waals surface area contributed by atoms with Crippen molar-refractivity contribution in [2.75, 3.05) is 5.32 Å². The van der Waals surface area contributed by atoms with Crippen molar-refractivity contribution in [2.45, 2.75) is 40.2 Å². The number of halogens is 1. The fraction of sp³-hybridized carbons (Fsp3) is 0.222. The minimum absolute atomic E-state index is 0.347. The molecule has 5 aromatic rings. The third-order valence-corrected chi connectivity index (χ3v) is 6.41. The topological polar surface area (TPSA) is 99.7 Å². The number of carbonyl (C=O) groups is 1. The zero-order valence-electron chi connectivity index (χ0n) is 21.2. The van der Waals surface area contributed by atoms with Crippen LogP contribution in [0.4, 0.5) is 5.82 Å². The summed E-state index contributed by atoms with van der Waals surface area (Å²) in [5.41, 5.74) is 3.37. The molecule has 5 rings (SSSR count). The van der Waals surface area contributed by atoms with Gasteiger partial charge in [-0.25, -0.2) is 14.6 Å². The highest BCUT2D eigenvalue weighted by molar-refractivity contribution is 6.30. The summed E-state index contributed by atoms with van der Waals surface area (Å²) in [5, 5.41) is 13.4. The maximum atomic E-state index is 13.3. The van der Waals surface area contributed by atoms with E-state index in [1.165, 1.54) is 6.33 Å². The molecule has 9 nitrogen and oxygen atoms in total. The predicted molar refractivity (Wildman–Crippen MR) is 143 cm³/mol. The Morgan fingerprint density at radius 3 is 2.54 bits per heavy atom. The van der Waals surface area contributed by atoms with Crippen molar-refractivity contribution in [3.63, 3.8) is 0 Å². The van der Waals surface area contributed by atoms with Crippen LogP contribution in [0.15, 0.2) is 61.1 Å². The molecule has 0 fully saturated rings. The quantitative estimate of drug-likeness (QED) is 0.326. The Bertz CT molecular complexity index is 1620. The molecule has 188 valence electrons. The average Bonchev–Trinajstić information content (AvgIpc) is 3.45. The summed E-state index contributed by atoms with van der Waals surface area (Å²) in [6.07, 6.45) is 3.18. The zero-order chi connectivity index (χ0) is 26.3. The van der Waals surface area contributed by atoms with Gasteiger partial charge in [-0.3, -0.25) is 4.79 Å². The number of amides is 1. The summed E-state index contributed by atoms with van der Waals surface area (Å²) in [6.45, 7) is 9.35. The second-order valence-corrected chi connectivity index (χ2v) is 9.75. The number of rotatable bonds is 6. The van der Waals surface area contributed by atoms with Crippen LogP contribution >= 0.6 is 11.6 Å². The maximum Gasteiger partial charge on any atom is 0.269 e. The van der Waals surface area contributed by atoms with Crippen molar-refractivity contribution in [2.24, 2.45) is 0 Å². The summed E-state index contributed by atoms with van der Waals surface area (Å²) >= 11 is 5.96. The Morgan fingerprint density at radius 1 is 1.03 bits per heavy atom. The second kappa shape index (κ2) is 9.33. The van der Waals surface area contributed by atoms with E-state index < -0.39 is 5.60 Å². The molecule has 37 heavy (non-hydrogen) atoms. The lowest BCUT2D eigenvalue weighted by atomic mass is 10.1. The number of aromatic nitrogens is 6. The van der Waals surface area contributed by atoms with Gasteiger partial charge in [0, 0.05) is 11.1 Å². The average molecular weight is 516 g/mol. The van der Waals surface area contributed by atoms with Gasteiger partial charge in [-0.15, -0.1) is 0 Å². The molecule has 0 atom stereocenters. The maximum absolute atomic E-state index is 13.3. The van der Waals surface area contributed by atoms with E-state index in [9.17, 15) is 4.79 Å². The van der Waals surface area contributed by atoms with E-state index in [2.05, 4.69) is 45.4 Å². The minimum Gasteiger partial charge on any atom is -0.478 e. The van der Waals surface area contributed by atoms with Gasteiger partial charge in [0.1, 0.15) is 17.9 Å². The Hall–Kier alpha value is -4.24. The lowest BCUT2D eigenvalue weighted by Gasteiger charge is -2.25. The molecule has 2 aromatic carbocycles. The molecule has 0 saturated heterocycles. The number of aryl methyl sites for hydroxylation is 2. The molecule has 0 aliphatic rings. The first kappa shape index (κ1) is 24.5. The highest BCUT2D eigenvalue weighted by Crippen LogP contribution is 2.27. The van der Waals surface area contributed by atoms with Crippen LogP contribution in [-0.2, 0) is 4.79 Å². The fourth-order valence-electron chi connectivity index (χ4n) is 4.00. The summed E-state index contributed by atoms with van der Waals surface area (Å²) in [4.78, 5) is 22.2. The molecule has 0 bridgehead atoms. The number of ether oxygens (including phenoxy) is 1. The Balaban J connectivity index is 1.49. The van der Waals surface area contributed by atoms with Crippen LogP contribution < -0.4 is 10.1 Å². The van der Waals surface area contributed by atoms with E-state index in [4.69, 9.17) is 16.3 Å². The van der Waals surface area contributed by atoms with Gasteiger partial charge < -0.3 is 10.1 Å². The SMILES string of the molecule is Cc1cc(NC(=O)C(C)(C)Oc2ccc(Cl)cc2)n(-c2ncnc3c2cnn3-c2cccc(C)c2C)n1. The normalized spacial score (nSPS) is 11.6. The van der Waals surface area contributed by atoms with Gasteiger partial charge in [-0.1, -0.05) is 23.7 Å². The number of hydrogen-bond donors (Lipinski definition) is 1. The number of anilines is 1. The van der Waals surface area contributed by atoms with Crippen LogP contribution in [0.3, 0.4) is 0 Å². The van der Waals surface area contributed by atoms with E-state index in [1.807, 2.05) is 19.1 Å². The molecule has 0 saturated carbocycles. The van der Waals surface area contributed by atoms with E-state index in [1.54, 1.807) is 59.7 Å². The highest BCUT2D eigenvalue weighted by atomic mass is 35.5. The summed E-state index contributed by atoms with van der Waals surface area (Å²) < 4.78 is 9.33. The van der Waals surface area contributed by atoms with Gasteiger partial charge in [-0.2, -0.15) is 14.9 Å². The molecule has 0 aliphatic carbocycles. The molecule has 0 spiro atoms. The van der Waals surface area contributed by atoms with Gasteiger partial charge in [0.15, 0.2) is 17.1 Å². The third-order valence-electron chi connectivity index (χ3n) is 6.16. The van der Waals surface area contributed by atoms with Gasteiger partial charge in [-0.05, 0) is 76.1 Å². The number of nitrogens with one attached hydrogen (secondary N) is 1. The summed E-state index contributed by atoms with van der Waals surface area (Å²) in [7, 11) is 0. The Labute approximate surface area is 219 Å². The van der Waals surface area contributed by atoms with Crippen LogP contribution in [0.25, 0.3) is 22.5 Å². The first-order valence-corrected chi connectivity index (χ1v) is 12.1. The summed E-state index contributed by atoms with van der Waals surface area (Å²) in [5.74, 6) is 1.14. The molecular weight excluding hydrogens is 490 g/mol. The number of nitrogens with zero attached hydrogens (tertiary/aromatic N) is 6. The summed E-state index contributed by atoms with van der Waals surface area (Å²) in [6, 6.07) is 14.7. The molecule has 3 heterocycles. The third kappa shape index (κ3) is 4.65. The molecule has 1 N–H and O–H groups in total. The van der Waals surface area contributed by atoms with Crippen LogP contribution in [0, 0.1) is 20.8 Å². The number of hydrogen-bond acceptors (Lipinski definition) is 6. The highest BCUT2D eigenvalue weighted by Gasteiger charge is 2.31. The van der Waals surface area contributed by atoms with E-state index in [0.717, 1.165) is 16.8 Å². The lowest BCUT2D eigenvalue weighted by molar-refractivity contribution is -0.128. The van der Waals surface area contributed by atoms with Crippen LogP contribution in [0.5, 0.6) is 5.75 Å². The second-order valence-electron chi connectivity index (χ2n) is 9.31. The lowest BCUT2D eigenvalue weighted by Crippen LogP contribution is -2.42. The first-order valence-electron chi connectivity index (χ1n) is 11.7. The van der Waals surface area contributed by atoms with Crippen molar-refractivity contribution >= 4 is 34.4 Å². The number of carbonyl (C=O) groups excluding carboxylic acids is 1. The van der Waals surface area contributed by atoms with Crippen molar-refractivity contribution in [3.8, 4) is 17.3 Å². The van der Waals surface area contributed by atoms with Gasteiger partial charge in [0.05, 0.1) is 23.0 Å². The number of fused-ring (bicyclic) bond motifs is 1. The largest absolute Gasteiger partial charge is 0.478 e. The van der Waals surface area contributed by atoms with Crippen molar-refractivity contribution in [3.05, 3.63) is 82.9 Å². The molecule has 1 amide bonds. The Kier molecular flexibility index (Phi) is 6.16. The molecular formula is C27H26ClN7O2. The van der Waals surface area contributed by atoms with Gasteiger partial charge in [0.25, 0.3) is 5.91 Å². The van der Waals surface area contributed by atoms with Crippen LogP contribution in [0.1, 0.15) is 30.7 Å². The van der Waals surface area contributed by atoms with Crippen molar-refractivity contribution in [1.29, 1.82) is 0 Å². The zero-order valence-corrected chi connectivity index (χ0v) is 21.9. The number of benzene rings is 2. The monoisotopic (exact) mass is 515 g/mol. The van der Waals surface area contributed by atoms with Crippen molar-refractivity contribution < 1.29 is 9.53 Å². The molecule has 0 aliphatic heterocycles. The first-order chi connectivity index (χ1) is 17.6. The molecule has 10 heteroatoms. The molecule has 0 unspecified atom stereocenters. The molecule has 3 aromatic heterocycles. The van der Waals surface area contributed by atoms with E-state index in [0.29, 0.717) is 39.1 Å². The van der Waals surface area contributed by atoms with Crippen LogP contribution in [0.2, 0.25) is 5.02 Å². The van der Waals surface area contributed by atoms with Gasteiger partial charge in [0.2, 0.25) is 0 Å². The van der Waals surface area contributed by atoms with E-state index in [-0.39, 0.29) is 5.91 Å².